The molecule has 0 aromatic heterocycles. The highest BCUT2D eigenvalue weighted by atomic mass is 16.5. The number of carbonyl (C=O) groups excluding carboxylic acids is 1. The zero-order chi connectivity index (χ0) is 16.4. The molecule has 3 saturated carbocycles. The summed E-state index contributed by atoms with van der Waals surface area (Å²) in [6, 6.07) is 0.481. The van der Waals surface area contributed by atoms with Crippen molar-refractivity contribution in [2.75, 3.05) is 14.2 Å². The summed E-state index contributed by atoms with van der Waals surface area (Å²) in [7, 11) is 3.94. The molecule has 0 bridgehead atoms. The van der Waals surface area contributed by atoms with Gasteiger partial charge in [-0.15, -0.1) is 0 Å². The number of piperidine rings is 1. The van der Waals surface area contributed by atoms with Gasteiger partial charge in [-0.1, -0.05) is 13.8 Å². The fraction of sp³-hybridized carbons (Fsp3) is 0.950. The Labute approximate surface area is 141 Å². The molecule has 3 nitrogen and oxygen atoms in total. The molecule has 4 fully saturated rings. The predicted octanol–water partition coefficient (Wildman–Crippen LogP) is 3.86. The maximum absolute atomic E-state index is 12.2. The van der Waals surface area contributed by atoms with Crippen LogP contribution in [-0.2, 0) is 9.53 Å². The number of fused-ring (bicyclic) bond motifs is 5. The van der Waals surface area contributed by atoms with Gasteiger partial charge in [-0.2, -0.15) is 0 Å². The summed E-state index contributed by atoms with van der Waals surface area (Å²) in [6.45, 7) is 5.03. The maximum atomic E-state index is 12.2. The molecule has 23 heavy (non-hydrogen) atoms. The van der Waals surface area contributed by atoms with E-state index < -0.39 is 0 Å². The smallest absolute Gasteiger partial charge is 0.222 e. The third-order valence-corrected chi connectivity index (χ3v) is 8.62. The van der Waals surface area contributed by atoms with Crippen LogP contribution in [0.5, 0.6) is 0 Å². The molecule has 0 spiro atoms. The van der Waals surface area contributed by atoms with E-state index in [1.54, 1.807) is 0 Å². The summed E-state index contributed by atoms with van der Waals surface area (Å²) in [4.78, 5) is 14.3. The van der Waals surface area contributed by atoms with Crippen molar-refractivity contribution in [3.05, 3.63) is 0 Å². The summed E-state index contributed by atoms with van der Waals surface area (Å²) >= 11 is 0. The van der Waals surface area contributed by atoms with Crippen molar-refractivity contribution in [2.24, 2.45) is 28.6 Å². The average molecular weight is 319 g/mol. The lowest BCUT2D eigenvalue weighted by Crippen LogP contribution is -2.61. The number of methoxy groups -OCH3 is 1. The standard InChI is InChI=1S/C20H33NO2/c1-19-9-7-15-14(16(19)11-13(12-19)23-4)5-6-17-20(15,2)10-8-18(22)21(17)3/h13-17H,5-12H2,1-4H3/t13?,14?,15?,16?,17?,19-,20-/m1/s1. The van der Waals surface area contributed by atoms with Gasteiger partial charge in [0.15, 0.2) is 0 Å². The quantitative estimate of drug-likeness (QED) is 0.734. The predicted molar refractivity (Wildman–Crippen MR) is 91.0 cm³/mol. The number of nitrogens with zero attached hydrogens (tertiary/aromatic N) is 1. The van der Waals surface area contributed by atoms with E-state index in [1.165, 1.54) is 38.5 Å². The molecule has 5 unspecified atom stereocenters. The Balaban J connectivity index is 1.63. The first-order chi connectivity index (χ1) is 10.9. The highest BCUT2D eigenvalue weighted by Crippen LogP contribution is 2.64. The van der Waals surface area contributed by atoms with E-state index in [1.807, 2.05) is 14.2 Å². The van der Waals surface area contributed by atoms with E-state index in [2.05, 4.69) is 18.7 Å². The molecule has 0 N–H and O–H groups in total. The van der Waals surface area contributed by atoms with Crippen LogP contribution in [0.25, 0.3) is 0 Å². The first kappa shape index (κ1) is 15.9. The number of amides is 1. The molecule has 1 amide bonds. The van der Waals surface area contributed by atoms with E-state index in [9.17, 15) is 4.79 Å². The Morgan fingerprint density at radius 1 is 1.13 bits per heavy atom. The lowest BCUT2D eigenvalue weighted by atomic mass is 9.47. The normalized spacial score (nSPS) is 52.8. The van der Waals surface area contributed by atoms with Gasteiger partial charge in [-0.25, -0.2) is 0 Å². The third kappa shape index (κ3) is 2.14. The van der Waals surface area contributed by atoms with Crippen LogP contribution >= 0.6 is 0 Å². The Kier molecular flexibility index (Phi) is 3.61. The van der Waals surface area contributed by atoms with Crippen LogP contribution in [0.1, 0.15) is 65.2 Å². The first-order valence-corrected chi connectivity index (χ1v) is 9.67. The summed E-state index contributed by atoms with van der Waals surface area (Å²) in [5.74, 6) is 2.88. The molecule has 4 aliphatic rings. The Morgan fingerprint density at radius 3 is 2.65 bits per heavy atom. The van der Waals surface area contributed by atoms with Crippen LogP contribution in [0.15, 0.2) is 0 Å². The summed E-state index contributed by atoms with van der Waals surface area (Å²) < 4.78 is 5.76. The second kappa shape index (κ2) is 5.21. The van der Waals surface area contributed by atoms with Gasteiger partial charge in [0.1, 0.15) is 0 Å². The summed E-state index contributed by atoms with van der Waals surface area (Å²) in [5, 5.41) is 0. The number of rotatable bonds is 1. The van der Waals surface area contributed by atoms with Crippen LogP contribution in [0, 0.1) is 28.6 Å². The van der Waals surface area contributed by atoms with Crippen molar-refractivity contribution >= 4 is 5.91 Å². The summed E-state index contributed by atoms with van der Waals surface area (Å²) in [6.07, 6.45) is 10.1. The van der Waals surface area contributed by atoms with Crippen molar-refractivity contribution < 1.29 is 9.53 Å². The van der Waals surface area contributed by atoms with Crippen molar-refractivity contribution in [2.45, 2.75) is 77.4 Å². The van der Waals surface area contributed by atoms with Crippen molar-refractivity contribution in [3.63, 3.8) is 0 Å². The fourth-order valence-corrected chi connectivity index (χ4v) is 7.32. The molecule has 4 rings (SSSR count). The number of ether oxygens (including phenoxy) is 1. The van der Waals surface area contributed by atoms with E-state index >= 15 is 0 Å². The molecule has 1 heterocycles. The average Bonchev–Trinajstić information content (AvgIpc) is 2.88. The molecular formula is C20H33NO2. The molecule has 7 atom stereocenters. The van der Waals surface area contributed by atoms with Gasteiger partial charge >= 0.3 is 0 Å². The SMILES string of the molecule is COC1CC2C3CCC4N(C)C(=O)CC[C@]4(C)C3CC[C@]2(C)C1. The second-order valence-corrected chi connectivity index (χ2v) is 9.47. The van der Waals surface area contributed by atoms with Crippen LogP contribution in [0.2, 0.25) is 0 Å². The minimum absolute atomic E-state index is 0.345. The van der Waals surface area contributed by atoms with Crippen molar-refractivity contribution in [3.8, 4) is 0 Å². The number of hydrogen-bond acceptors (Lipinski definition) is 2. The topological polar surface area (TPSA) is 29.5 Å². The molecule has 1 aliphatic heterocycles. The van der Waals surface area contributed by atoms with E-state index in [4.69, 9.17) is 4.74 Å². The van der Waals surface area contributed by atoms with E-state index in [-0.39, 0.29) is 0 Å². The molecule has 0 aromatic rings. The van der Waals surface area contributed by atoms with Crippen LogP contribution in [-0.4, -0.2) is 37.1 Å². The third-order valence-electron chi connectivity index (χ3n) is 8.62. The molecule has 1 saturated heterocycles. The lowest BCUT2D eigenvalue weighted by Gasteiger charge is -2.61. The molecular weight excluding hydrogens is 286 g/mol. The number of hydrogen-bond donors (Lipinski definition) is 0. The largest absolute Gasteiger partial charge is 0.381 e. The molecule has 0 radical (unpaired) electrons. The number of likely N-dealkylation sites (tertiary alicyclic amines) is 1. The lowest BCUT2D eigenvalue weighted by molar-refractivity contribution is -0.156. The van der Waals surface area contributed by atoms with E-state index in [0.717, 1.165) is 30.6 Å². The van der Waals surface area contributed by atoms with Gasteiger partial charge in [-0.3, -0.25) is 4.79 Å². The first-order valence-electron chi connectivity index (χ1n) is 9.67. The monoisotopic (exact) mass is 319 g/mol. The molecule has 0 aromatic carbocycles. The van der Waals surface area contributed by atoms with Crippen LogP contribution < -0.4 is 0 Å². The number of carbonyl (C=O) groups is 1. The van der Waals surface area contributed by atoms with Gasteiger partial charge in [0.2, 0.25) is 5.91 Å². The highest BCUT2D eigenvalue weighted by molar-refractivity contribution is 5.77. The van der Waals surface area contributed by atoms with Crippen LogP contribution in [0.3, 0.4) is 0 Å². The molecule has 130 valence electrons. The zero-order valence-electron chi connectivity index (χ0n) is 15.3. The fourth-order valence-electron chi connectivity index (χ4n) is 7.32. The van der Waals surface area contributed by atoms with Gasteiger partial charge in [0.25, 0.3) is 0 Å². The maximum Gasteiger partial charge on any atom is 0.222 e. The summed E-state index contributed by atoms with van der Waals surface area (Å²) in [5.41, 5.74) is 0.847. The van der Waals surface area contributed by atoms with Gasteiger partial charge in [0, 0.05) is 26.6 Å². The van der Waals surface area contributed by atoms with Gasteiger partial charge in [0.05, 0.1) is 6.10 Å². The Morgan fingerprint density at radius 2 is 1.91 bits per heavy atom. The Hall–Kier alpha value is -0.570. The van der Waals surface area contributed by atoms with Crippen molar-refractivity contribution in [1.29, 1.82) is 0 Å². The zero-order valence-corrected chi connectivity index (χ0v) is 15.3. The van der Waals surface area contributed by atoms with Crippen LogP contribution in [0.4, 0.5) is 0 Å². The van der Waals surface area contributed by atoms with Gasteiger partial charge < -0.3 is 9.64 Å². The minimum atomic E-state index is 0.345. The molecule has 3 aliphatic carbocycles. The molecule has 3 heteroatoms. The second-order valence-electron chi connectivity index (χ2n) is 9.47. The van der Waals surface area contributed by atoms with E-state index in [0.29, 0.717) is 28.9 Å². The Bertz CT molecular complexity index is 506. The highest BCUT2D eigenvalue weighted by Gasteiger charge is 2.60. The van der Waals surface area contributed by atoms with Crippen molar-refractivity contribution in [1.82, 2.24) is 4.90 Å². The van der Waals surface area contributed by atoms with Gasteiger partial charge in [-0.05, 0) is 73.5 Å². The minimum Gasteiger partial charge on any atom is -0.381 e.